The van der Waals surface area contributed by atoms with Gasteiger partial charge in [0.25, 0.3) is 0 Å². The van der Waals surface area contributed by atoms with E-state index in [0.717, 1.165) is 0 Å². The predicted molar refractivity (Wildman–Crippen MR) is 182 cm³/mol. The highest BCUT2D eigenvalue weighted by molar-refractivity contribution is 7.14. The second-order valence-electron chi connectivity index (χ2n) is 11.7. The summed E-state index contributed by atoms with van der Waals surface area (Å²) in [6, 6.07) is 14.3. The summed E-state index contributed by atoms with van der Waals surface area (Å²) in [6.45, 7) is 0. The Labute approximate surface area is 326 Å². The van der Waals surface area contributed by atoms with Crippen LogP contribution in [0.4, 0.5) is 26.3 Å². The molecule has 0 fully saturated rings. The first-order chi connectivity index (χ1) is 27.4. The number of nitriles is 9. The van der Waals surface area contributed by atoms with Crippen molar-refractivity contribution >= 4 is 50.7 Å². The van der Waals surface area contributed by atoms with Crippen molar-refractivity contribution in [2.24, 2.45) is 0 Å². The van der Waals surface area contributed by atoms with E-state index in [4.69, 9.17) is 0 Å². The normalized spacial score (nSPS) is 20.9. The number of allylic oxidation sites excluding steroid dienone is 6. The zero-order chi connectivity index (χ0) is 41.2. The summed E-state index contributed by atoms with van der Waals surface area (Å²) in [5.74, 6) is 0. The third kappa shape index (κ3) is 5.12. The topological polar surface area (TPSA) is 253 Å². The highest BCUT2D eigenvalue weighted by atomic mass is 32.1. The van der Waals surface area contributed by atoms with Gasteiger partial charge in [0.05, 0.1) is 16.7 Å². The molecule has 0 N–H and O–H groups in total. The van der Waals surface area contributed by atoms with Crippen LogP contribution in [0.1, 0.15) is 117 Å². The van der Waals surface area contributed by atoms with E-state index < -0.39 is 136 Å². The van der Waals surface area contributed by atoms with Gasteiger partial charge in [-0.05, 0) is 0 Å². The lowest BCUT2D eigenvalue weighted by Crippen LogP contribution is -2.06. The van der Waals surface area contributed by atoms with E-state index in [1.807, 2.05) is 0 Å². The number of halogens is 6. The molecule has 0 radical (unpaired) electrons. The fourth-order valence-electron chi connectivity index (χ4n) is 7.03. The number of rotatable bonds is 3. The summed E-state index contributed by atoms with van der Waals surface area (Å²) < 4.78 is 102. The molecule has 21 heteroatoms. The first-order valence-electron chi connectivity index (χ1n) is 15.4. The molecule has 12 nitrogen and oxygen atoms in total. The number of thiazole rings is 3. The SMILES string of the molecule is N#CC(=C1C(F)c2c3c(c4c(c2C1F)C(F)C(=C(C#N)c1nc(C#N)c(C#N)s1)C4F)C(F)C(=C(C#N)c1nc(C#N)c(C#N)s1)C3F)c1nc(C#N)c(C#N)s1. The predicted octanol–water partition coefficient (Wildman–Crippen LogP) is 8.32. The van der Waals surface area contributed by atoms with E-state index in [9.17, 15) is 47.4 Å². The van der Waals surface area contributed by atoms with Crippen LogP contribution in [0.25, 0.3) is 16.7 Å². The minimum Gasteiger partial charge on any atom is -0.237 e. The van der Waals surface area contributed by atoms with E-state index in [2.05, 4.69) is 15.0 Å². The van der Waals surface area contributed by atoms with Gasteiger partial charge < -0.3 is 0 Å². The van der Waals surface area contributed by atoms with Crippen LogP contribution in [0.2, 0.25) is 0 Å². The van der Waals surface area contributed by atoms with Crippen LogP contribution in [-0.2, 0) is 0 Å². The van der Waals surface area contributed by atoms with Crippen LogP contribution in [-0.4, -0.2) is 15.0 Å². The Morgan fingerprint density at radius 3 is 0.719 bits per heavy atom. The number of alkyl halides is 6. The minimum absolute atomic E-state index is 0.350. The van der Waals surface area contributed by atoms with E-state index in [-0.39, 0.29) is 14.6 Å². The molecule has 0 amide bonds. The van der Waals surface area contributed by atoms with Crippen LogP contribution in [0.15, 0.2) is 16.7 Å². The molecule has 1 aromatic carbocycles. The van der Waals surface area contributed by atoms with E-state index >= 15 is 26.3 Å². The second-order valence-corrected chi connectivity index (χ2v) is 14.7. The van der Waals surface area contributed by atoms with Gasteiger partial charge in [0.2, 0.25) is 0 Å². The molecule has 6 unspecified atom stereocenters. The Kier molecular flexibility index (Phi) is 9.16. The number of aromatic nitrogens is 3. The molecule has 270 valence electrons. The standard InChI is InChI=1S/C36H6F6N12S3/c37-28-19(10(1-43)34-52-13(4-46)16(7-49)55-34)29(38)23-22(28)24-26(32(41)20(30(24)39)11(2-44)35-53-14(5-47)17(8-50)56-35)27-25(23)31(40)21(33(27)42)12(3-45)36-54-15(6-48)18(9-51)57-36/h28-33H. The lowest BCUT2D eigenvalue weighted by Gasteiger charge is -2.18. The molecule has 0 saturated carbocycles. The fourth-order valence-corrected chi connectivity index (χ4v) is 9.52. The van der Waals surface area contributed by atoms with Gasteiger partial charge in [0, 0.05) is 50.1 Å². The Balaban J connectivity index is 1.58. The molecule has 3 aromatic heterocycles. The zero-order valence-corrected chi connectivity index (χ0v) is 29.8. The zero-order valence-electron chi connectivity index (χ0n) is 27.3. The van der Waals surface area contributed by atoms with E-state index in [1.165, 1.54) is 0 Å². The molecule has 3 aliphatic carbocycles. The van der Waals surface area contributed by atoms with Gasteiger partial charge in [0.15, 0.2) is 54.1 Å². The first kappa shape index (κ1) is 37.6. The van der Waals surface area contributed by atoms with Gasteiger partial charge in [-0.25, -0.2) is 41.3 Å². The molecule has 4 aromatic rings. The molecule has 57 heavy (non-hydrogen) atoms. The van der Waals surface area contributed by atoms with Crippen molar-refractivity contribution in [2.45, 2.75) is 37.0 Å². The second kappa shape index (κ2) is 13.9. The molecule has 0 spiro atoms. The van der Waals surface area contributed by atoms with E-state index in [0.29, 0.717) is 34.0 Å². The van der Waals surface area contributed by atoms with Crippen LogP contribution in [0, 0.1) is 102 Å². The van der Waals surface area contributed by atoms with Crippen molar-refractivity contribution in [3.8, 4) is 54.6 Å². The Morgan fingerprint density at radius 2 is 0.579 bits per heavy atom. The largest absolute Gasteiger partial charge is 0.237 e. The summed E-state index contributed by atoms with van der Waals surface area (Å²) >= 11 is 1.19. The van der Waals surface area contributed by atoms with Crippen molar-refractivity contribution in [3.05, 3.63) is 96.8 Å². The smallest absolute Gasteiger partial charge is 0.170 e. The van der Waals surface area contributed by atoms with Crippen molar-refractivity contribution in [1.82, 2.24) is 15.0 Å². The lowest BCUT2D eigenvalue weighted by atomic mass is 9.88. The summed E-state index contributed by atoms with van der Waals surface area (Å²) in [7, 11) is 0. The average molecular weight is 817 g/mol. The molecular formula is C36H6F6N12S3. The van der Waals surface area contributed by atoms with Gasteiger partial charge >= 0.3 is 0 Å². The molecule has 0 bridgehead atoms. The van der Waals surface area contributed by atoms with Crippen molar-refractivity contribution in [3.63, 3.8) is 0 Å². The molecule has 3 aliphatic rings. The maximum absolute atomic E-state index is 17.1. The summed E-state index contributed by atoms with van der Waals surface area (Å²) in [4.78, 5) is 10.4. The van der Waals surface area contributed by atoms with Crippen molar-refractivity contribution < 1.29 is 26.3 Å². The monoisotopic (exact) mass is 816 g/mol. The van der Waals surface area contributed by atoms with Crippen molar-refractivity contribution in [1.29, 1.82) is 47.4 Å². The maximum Gasteiger partial charge on any atom is 0.170 e. The highest BCUT2D eigenvalue weighted by Gasteiger charge is 2.56. The molecule has 0 saturated heterocycles. The van der Waals surface area contributed by atoms with Crippen LogP contribution >= 0.6 is 34.0 Å². The third-order valence-electron chi connectivity index (χ3n) is 9.25. The quantitative estimate of drug-likeness (QED) is 0.140. The molecule has 7 rings (SSSR count). The van der Waals surface area contributed by atoms with Gasteiger partial charge in [0.1, 0.15) is 84.3 Å². The number of nitrogens with zero attached hydrogens (tertiary/aromatic N) is 12. The van der Waals surface area contributed by atoms with Crippen molar-refractivity contribution in [2.75, 3.05) is 0 Å². The maximum atomic E-state index is 17.1. The Hall–Kier alpha value is -7.68. The molecule has 6 atom stereocenters. The number of benzene rings is 1. The summed E-state index contributed by atoms with van der Waals surface area (Å²) in [6.07, 6.45) is -17.5. The number of fused-ring (bicyclic) bond motifs is 6. The van der Waals surface area contributed by atoms with Gasteiger partial charge in [-0.15, -0.1) is 34.0 Å². The van der Waals surface area contributed by atoms with E-state index in [1.54, 1.807) is 54.6 Å². The van der Waals surface area contributed by atoms with Gasteiger partial charge in [-0.3, -0.25) is 0 Å². The van der Waals surface area contributed by atoms with Crippen LogP contribution in [0.5, 0.6) is 0 Å². The lowest BCUT2D eigenvalue weighted by molar-refractivity contribution is 0.332. The highest BCUT2D eigenvalue weighted by Crippen LogP contribution is 2.67. The van der Waals surface area contributed by atoms with Gasteiger partial charge in [-0.1, -0.05) is 0 Å². The number of hydrogen-bond donors (Lipinski definition) is 0. The first-order valence-corrected chi connectivity index (χ1v) is 17.8. The van der Waals surface area contributed by atoms with Gasteiger partial charge in [-0.2, -0.15) is 47.4 Å². The molecular weight excluding hydrogens is 811 g/mol. The Bertz CT molecular complexity index is 2550. The fraction of sp³-hybridized carbons (Fsp3) is 0.167. The Morgan fingerprint density at radius 1 is 0.368 bits per heavy atom. The average Bonchev–Trinajstić information content (AvgIpc) is 4.06. The van der Waals surface area contributed by atoms with Crippen LogP contribution in [0.3, 0.4) is 0 Å². The minimum atomic E-state index is -2.92. The summed E-state index contributed by atoms with van der Waals surface area (Å²) in [5.41, 5.74) is -14.1. The number of hydrogen-bond acceptors (Lipinski definition) is 15. The molecule has 0 aliphatic heterocycles. The third-order valence-corrected chi connectivity index (χ3v) is 12.2. The molecule has 3 heterocycles. The summed E-state index contributed by atoms with van der Waals surface area (Å²) in [5, 5.41) is 85.3. The van der Waals surface area contributed by atoms with Crippen LogP contribution < -0.4 is 0 Å².